The number of aryl methyl sites for hydroxylation is 1. The first-order chi connectivity index (χ1) is 18.4. The molecular formula is C30H27F6N3. The van der Waals surface area contributed by atoms with Gasteiger partial charge in [0.05, 0.1) is 22.2 Å². The Bertz CT molecular complexity index is 1490. The second-order valence-electron chi connectivity index (χ2n) is 10.3. The second-order valence-corrected chi connectivity index (χ2v) is 10.3. The maximum atomic E-state index is 13.5. The molecule has 1 aromatic heterocycles. The SMILES string of the molecule is Cc1ccc(C2=c3cccnc3=CN3CC[C@H](C)CN(Cc4cc(C(F)(F)F)cc(C(F)(F)F)c4)/C=C/23)cc1. The highest BCUT2D eigenvalue weighted by Gasteiger charge is 2.37. The van der Waals surface area contributed by atoms with Gasteiger partial charge in [0.2, 0.25) is 0 Å². The summed E-state index contributed by atoms with van der Waals surface area (Å²) in [6.07, 6.45) is -3.45. The number of alkyl halides is 6. The van der Waals surface area contributed by atoms with E-state index in [1.165, 1.54) is 0 Å². The molecule has 2 aliphatic rings. The van der Waals surface area contributed by atoms with Gasteiger partial charge < -0.3 is 9.80 Å². The molecule has 0 bridgehead atoms. The van der Waals surface area contributed by atoms with Crippen LogP contribution in [-0.4, -0.2) is 27.9 Å². The second kappa shape index (κ2) is 10.1. The van der Waals surface area contributed by atoms with Gasteiger partial charge in [-0.1, -0.05) is 42.8 Å². The van der Waals surface area contributed by atoms with Crippen LogP contribution in [0.3, 0.4) is 0 Å². The summed E-state index contributed by atoms with van der Waals surface area (Å²) in [5, 5.41) is 1.72. The quantitative estimate of drug-likeness (QED) is 0.375. The average molecular weight is 544 g/mol. The summed E-state index contributed by atoms with van der Waals surface area (Å²) >= 11 is 0. The van der Waals surface area contributed by atoms with E-state index in [1.807, 2.05) is 67.5 Å². The van der Waals surface area contributed by atoms with Crippen molar-refractivity contribution in [1.82, 2.24) is 14.8 Å². The fourth-order valence-electron chi connectivity index (χ4n) is 5.11. The van der Waals surface area contributed by atoms with Crippen LogP contribution in [0.5, 0.6) is 0 Å². The van der Waals surface area contributed by atoms with Crippen LogP contribution in [0.1, 0.15) is 41.2 Å². The molecule has 0 spiro atoms. The van der Waals surface area contributed by atoms with E-state index >= 15 is 0 Å². The highest BCUT2D eigenvalue weighted by atomic mass is 19.4. The van der Waals surface area contributed by atoms with Crippen LogP contribution in [0, 0.1) is 12.8 Å². The molecular weight excluding hydrogens is 516 g/mol. The smallest absolute Gasteiger partial charge is 0.371 e. The highest BCUT2D eigenvalue weighted by molar-refractivity contribution is 5.80. The van der Waals surface area contributed by atoms with Crippen molar-refractivity contribution in [1.29, 1.82) is 0 Å². The Balaban J connectivity index is 1.65. The number of allylic oxidation sites excluding steroid dienone is 1. The third kappa shape index (κ3) is 5.82. The molecule has 0 N–H and O–H groups in total. The number of benzene rings is 2. The van der Waals surface area contributed by atoms with Crippen LogP contribution < -0.4 is 10.6 Å². The summed E-state index contributed by atoms with van der Waals surface area (Å²) in [7, 11) is 0. The zero-order valence-electron chi connectivity index (χ0n) is 21.4. The number of hydrogen-bond donors (Lipinski definition) is 0. The molecule has 0 saturated heterocycles. The summed E-state index contributed by atoms with van der Waals surface area (Å²) in [5.74, 6) is 0.150. The van der Waals surface area contributed by atoms with Crippen molar-refractivity contribution in [3.63, 3.8) is 0 Å². The largest absolute Gasteiger partial charge is 0.416 e. The molecule has 0 amide bonds. The summed E-state index contributed by atoms with van der Waals surface area (Å²) in [6.45, 7) is 5.10. The van der Waals surface area contributed by atoms with Gasteiger partial charge >= 0.3 is 12.4 Å². The number of halogens is 6. The van der Waals surface area contributed by atoms with E-state index in [9.17, 15) is 26.3 Å². The van der Waals surface area contributed by atoms with Crippen molar-refractivity contribution in [2.24, 2.45) is 5.92 Å². The molecule has 204 valence electrons. The first kappa shape index (κ1) is 26.8. The van der Waals surface area contributed by atoms with Crippen molar-refractivity contribution in [3.8, 4) is 0 Å². The van der Waals surface area contributed by atoms with Crippen LogP contribution in [0.2, 0.25) is 0 Å². The standard InChI is InChI=1S/C30H27F6N3/c1-19-5-7-22(8-6-19)28-25-4-3-10-37-26(25)17-39-11-9-20(2)15-38(18-27(28)39)16-21-12-23(29(31,32)33)14-24(13-21)30(34,35)36/h3-8,10,12-14,17-18,20H,9,11,15-16H2,1-2H3/b27-18-/t20-/m0/s1. The molecule has 3 nitrogen and oxygen atoms in total. The van der Waals surface area contributed by atoms with Gasteiger partial charge in [-0.15, -0.1) is 0 Å². The monoisotopic (exact) mass is 543 g/mol. The zero-order valence-corrected chi connectivity index (χ0v) is 21.4. The van der Waals surface area contributed by atoms with Gasteiger partial charge in [-0.25, -0.2) is 0 Å². The fourth-order valence-corrected chi connectivity index (χ4v) is 5.11. The maximum absolute atomic E-state index is 13.5. The predicted octanol–water partition coefficient (Wildman–Crippen LogP) is 6.06. The third-order valence-electron chi connectivity index (χ3n) is 7.04. The van der Waals surface area contributed by atoms with Crippen LogP contribution in [0.4, 0.5) is 26.3 Å². The lowest BCUT2D eigenvalue weighted by atomic mass is 9.95. The first-order valence-corrected chi connectivity index (χ1v) is 12.6. The molecule has 2 aromatic carbocycles. The van der Waals surface area contributed by atoms with Crippen molar-refractivity contribution in [2.45, 2.75) is 39.2 Å². The van der Waals surface area contributed by atoms with E-state index in [0.717, 1.165) is 51.5 Å². The van der Waals surface area contributed by atoms with Gasteiger partial charge in [0, 0.05) is 49.0 Å². The minimum atomic E-state index is -4.89. The van der Waals surface area contributed by atoms with E-state index in [4.69, 9.17) is 0 Å². The predicted molar refractivity (Wildman–Crippen MR) is 137 cm³/mol. The number of fused-ring (bicyclic) bond motifs is 2. The van der Waals surface area contributed by atoms with E-state index in [1.54, 1.807) is 6.20 Å². The molecule has 9 heteroatoms. The first-order valence-electron chi connectivity index (χ1n) is 12.6. The number of nitrogens with zero attached hydrogens (tertiary/aromatic N) is 3. The van der Waals surface area contributed by atoms with Crippen molar-refractivity contribution in [3.05, 3.63) is 111 Å². The summed E-state index contributed by atoms with van der Waals surface area (Å²) in [4.78, 5) is 8.47. The fraction of sp³-hybridized carbons (Fsp3) is 0.300. The molecule has 0 radical (unpaired) electrons. The molecule has 3 aromatic rings. The maximum Gasteiger partial charge on any atom is 0.416 e. The molecule has 2 aliphatic heterocycles. The number of pyridine rings is 1. The van der Waals surface area contributed by atoms with Crippen LogP contribution in [-0.2, 0) is 18.9 Å². The number of aromatic nitrogens is 1. The average Bonchev–Trinajstić information content (AvgIpc) is 2.86. The van der Waals surface area contributed by atoms with Crippen molar-refractivity contribution in [2.75, 3.05) is 13.1 Å². The Morgan fingerprint density at radius 1 is 0.897 bits per heavy atom. The van der Waals surface area contributed by atoms with Gasteiger partial charge in [-0.3, -0.25) is 4.98 Å². The van der Waals surface area contributed by atoms with Crippen LogP contribution >= 0.6 is 0 Å². The normalized spacial score (nSPS) is 19.3. The van der Waals surface area contributed by atoms with Crippen LogP contribution in [0.15, 0.2) is 72.7 Å². The summed E-state index contributed by atoms with van der Waals surface area (Å²) in [6, 6.07) is 13.7. The Morgan fingerprint density at radius 3 is 2.21 bits per heavy atom. The molecule has 0 fully saturated rings. The summed E-state index contributed by atoms with van der Waals surface area (Å²) in [5.41, 5.74) is 1.13. The van der Waals surface area contributed by atoms with Gasteiger partial charge in [-0.05, 0) is 54.7 Å². The minimum Gasteiger partial charge on any atom is -0.371 e. The Morgan fingerprint density at radius 2 is 1.56 bits per heavy atom. The van der Waals surface area contributed by atoms with E-state index in [-0.39, 0.29) is 24.1 Å². The lowest BCUT2D eigenvalue weighted by molar-refractivity contribution is -0.143. The van der Waals surface area contributed by atoms with Crippen LogP contribution in [0.25, 0.3) is 11.8 Å². The Labute approximate surface area is 222 Å². The lowest BCUT2D eigenvalue weighted by Gasteiger charge is -2.36. The van der Waals surface area contributed by atoms with E-state index < -0.39 is 23.5 Å². The van der Waals surface area contributed by atoms with Gasteiger partial charge in [-0.2, -0.15) is 26.3 Å². The molecule has 39 heavy (non-hydrogen) atoms. The van der Waals surface area contributed by atoms with Crippen molar-refractivity contribution >= 4 is 11.8 Å². The topological polar surface area (TPSA) is 19.4 Å². The van der Waals surface area contributed by atoms with Crippen molar-refractivity contribution < 1.29 is 26.3 Å². The summed E-state index contributed by atoms with van der Waals surface area (Å²) < 4.78 is 81.1. The Hall–Kier alpha value is -3.75. The van der Waals surface area contributed by atoms with E-state index in [0.29, 0.717) is 13.1 Å². The van der Waals surface area contributed by atoms with Gasteiger partial charge in [0.25, 0.3) is 0 Å². The zero-order chi connectivity index (χ0) is 27.9. The Kier molecular flexibility index (Phi) is 6.95. The highest BCUT2D eigenvalue weighted by Crippen LogP contribution is 2.37. The molecule has 3 heterocycles. The van der Waals surface area contributed by atoms with Gasteiger partial charge in [0.15, 0.2) is 0 Å². The molecule has 1 atom stereocenters. The molecule has 0 aliphatic carbocycles. The minimum absolute atomic E-state index is 0.0490. The number of hydrogen-bond acceptors (Lipinski definition) is 3. The molecule has 5 rings (SSSR count). The van der Waals surface area contributed by atoms with Gasteiger partial charge in [0.1, 0.15) is 0 Å². The lowest BCUT2D eigenvalue weighted by Crippen LogP contribution is -2.42. The van der Waals surface area contributed by atoms with E-state index in [2.05, 4.69) is 9.88 Å². The molecule has 0 unspecified atom stereocenters. The third-order valence-corrected chi connectivity index (χ3v) is 7.04. The number of rotatable bonds is 3. The molecule has 0 saturated carbocycles.